The molecule has 59 heavy (non-hydrogen) atoms. The third kappa shape index (κ3) is 13.8. The van der Waals surface area contributed by atoms with Crippen LogP contribution in [0.3, 0.4) is 0 Å². The Labute approximate surface area is 336 Å². The van der Waals surface area contributed by atoms with Crippen molar-refractivity contribution >= 4 is 92.4 Å². The Hall–Kier alpha value is -6.07. The zero-order chi connectivity index (χ0) is 43.0. The van der Waals surface area contributed by atoms with Gasteiger partial charge in [0, 0.05) is 11.8 Å². The average molecular weight is 893 g/mol. The van der Waals surface area contributed by atoms with E-state index in [1.165, 1.54) is 42.5 Å². The van der Waals surface area contributed by atoms with Gasteiger partial charge in [-0.25, -0.2) is 0 Å². The fourth-order valence-electron chi connectivity index (χ4n) is 4.51. The van der Waals surface area contributed by atoms with Gasteiger partial charge in [-0.15, -0.1) is 0 Å². The minimum absolute atomic E-state index is 0.0401. The summed E-state index contributed by atoms with van der Waals surface area (Å²) in [6.45, 7) is 0.921. The molecule has 312 valence electrons. The zero-order valence-electron chi connectivity index (χ0n) is 30.1. The molecule has 0 amide bonds. The highest BCUT2D eigenvalue weighted by Crippen LogP contribution is 2.33. The van der Waals surface area contributed by atoms with Crippen molar-refractivity contribution in [2.24, 2.45) is 20.5 Å². The molecule has 0 bridgehead atoms. The Morgan fingerprint density at radius 1 is 0.610 bits per heavy atom. The first-order chi connectivity index (χ1) is 27.6. The Morgan fingerprint density at radius 3 is 1.71 bits per heavy atom. The quantitative estimate of drug-likeness (QED) is 0.0302. The van der Waals surface area contributed by atoms with Crippen molar-refractivity contribution in [2.45, 2.75) is 28.5 Å². The second-order valence-electron chi connectivity index (χ2n) is 11.9. The maximum absolute atomic E-state index is 11.8. The monoisotopic (exact) mass is 892 g/mol. The van der Waals surface area contributed by atoms with Crippen molar-refractivity contribution in [3.05, 3.63) is 91.0 Å². The normalized spacial score (nSPS) is 13.0. The first kappa shape index (κ1) is 44.0. The summed E-state index contributed by atoms with van der Waals surface area (Å²) in [5.74, 6) is -1.21. The van der Waals surface area contributed by atoms with Crippen molar-refractivity contribution in [2.75, 3.05) is 28.3 Å². The molecule has 0 aliphatic heterocycles. The number of ether oxygens (including phenoxy) is 1. The number of hydrogen-bond acceptors (Lipinski definition) is 19. The molecule has 0 aliphatic rings. The number of rotatable bonds is 18. The van der Waals surface area contributed by atoms with E-state index in [0.29, 0.717) is 17.1 Å². The van der Waals surface area contributed by atoms with Gasteiger partial charge in [0.25, 0.3) is 40.5 Å². The van der Waals surface area contributed by atoms with Gasteiger partial charge in [-0.3, -0.25) is 18.2 Å². The number of azo groups is 2. The van der Waals surface area contributed by atoms with Crippen LogP contribution >= 0.6 is 0 Å². The van der Waals surface area contributed by atoms with Gasteiger partial charge >= 0.3 is 0 Å². The van der Waals surface area contributed by atoms with Crippen LogP contribution in [0.25, 0.3) is 0 Å². The lowest BCUT2D eigenvalue weighted by molar-refractivity contribution is 0.317. The number of nitrogens with zero attached hydrogens (tertiary/aromatic N) is 7. The largest absolute Gasteiger partial charge is 0.491 e. The highest BCUT2D eigenvalue weighted by molar-refractivity contribution is 7.86. The van der Waals surface area contributed by atoms with E-state index in [9.17, 15) is 42.8 Å². The summed E-state index contributed by atoms with van der Waals surface area (Å²) in [4.78, 5) is 12.0. The minimum Gasteiger partial charge on any atom is -0.491 e. The van der Waals surface area contributed by atoms with Gasteiger partial charge in [-0.05, 0) is 92.2 Å². The third-order valence-corrected chi connectivity index (χ3v) is 10.9. The molecule has 5 aromatic rings. The minimum atomic E-state index is -4.61. The molecule has 0 spiro atoms. The molecule has 0 saturated heterocycles. The van der Waals surface area contributed by atoms with Gasteiger partial charge in [0.2, 0.25) is 17.8 Å². The molecule has 7 N–H and O–H groups in total. The first-order valence-electron chi connectivity index (χ1n) is 16.4. The molecule has 1 aromatic heterocycles. The van der Waals surface area contributed by atoms with E-state index in [1.807, 2.05) is 0 Å². The molecule has 1 atom stereocenters. The van der Waals surface area contributed by atoms with Crippen LogP contribution in [0.5, 0.6) is 5.75 Å². The number of hydrogen-bond donors (Lipinski definition) is 7. The number of benzene rings is 4. The summed E-state index contributed by atoms with van der Waals surface area (Å²) in [5, 5.41) is 22.9. The predicted molar refractivity (Wildman–Crippen MR) is 211 cm³/mol. The summed E-state index contributed by atoms with van der Waals surface area (Å²) in [5.41, 5.74) is 1.50. The summed E-state index contributed by atoms with van der Waals surface area (Å²) < 4.78 is 135. The molecule has 23 nitrogen and oxygen atoms in total. The highest BCUT2D eigenvalue weighted by Gasteiger charge is 2.20. The van der Waals surface area contributed by atoms with Crippen molar-refractivity contribution in [1.82, 2.24) is 15.0 Å². The van der Waals surface area contributed by atoms with Crippen LogP contribution in [-0.4, -0.2) is 84.6 Å². The van der Waals surface area contributed by atoms with Crippen LogP contribution in [-0.2, 0) is 40.5 Å². The molecule has 0 fully saturated rings. The van der Waals surface area contributed by atoms with E-state index >= 15 is 0 Å². The molecule has 1 unspecified atom stereocenters. The first-order valence-corrected chi connectivity index (χ1v) is 22.4. The van der Waals surface area contributed by atoms with E-state index < -0.39 is 56.5 Å². The van der Waals surface area contributed by atoms with Gasteiger partial charge in [0.1, 0.15) is 5.75 Å². The third-order valence-electron chi connectivity index (χ3n) is 7.37. The smallest absolute Gasteiger partial charge is 0.294 e. The molecule has 0 radical (unpaired) electrons. The average Bonchev–Trinajstić information content (AvgIpc) is 3.15. The van der Waals surface area contributed by atoms with Crippen molar-refractivity contribution in [3.63, 3.8) is 0 Å². The molecule has 0 saturated carbocycles. The van der Waals surface area contributed by atoms with Crippen LogP contribution in [0, 0.1) is 0 Å². The predicted octanol–water partition coefficient (Wildman–Crippen LogP) is 5.99. The summed E-state index contributed by atoms with van der Waals surface area (Å²) in [7, 11) is -17.8. The lowest BCUT2D eigenvalue weighted by Crippen LogP contribution is -2.27. The standard InChI is InChI=1S/C32H32N10O13S4/c1-20(57(46,47)48)33-30-36-31(34-21-6-8-22(9-7-21)39-40-23-10-13-26(14-11-23)58(49,50)51)38-32(37-30)35-28-15-12-25(19-29(28)55-16-3-17-56(43,44)45)42-41-24-4-2-5-27(18-24)59(52,53)54/h2,4-15,18-20H,3,16-17H2,1H3,(H,43,44,45)(H,46,47,48)(H,49,50,51)(H,52,53,54)(H3,33,34,35,36,37,38). The molecule has 0 aliphatic carbocycles. The van der Waals surface area contributed by atoms with Gasteiger partial charge in [0.15, 0.2) is 5.37 Å². The fraction of sp³-hybridized carbons (Fsp3) is 0.156. The van der Waals surface area contributed by atoms with E-state index in [4.69, 9.17) is 13.8 Å². The van der Waals surface area contributed by atoms with E-state index in [1.54, 1.807) is 24.3 Å². The van der Waals surface area contributed by atoms with Gasteiger partial charge < -0.3 is 20.7 Å². The summed E-state index contributed by atoms with van der Waals surface area (Å²) >= 11 is 0. The maximum Gasteiger partial charge on any atom is 0.294 e. The number of aromatic nitrogens is 3. The molecular formula is C32H32N10O13S4. The Kier molecular flexibility index (Phi) is 13.6. The molecule has 1 heterocycles. The van der Waals surface area contributed by atoms with Crippen molar-refractivity contribution in [3.8, 4) is 5.75 Å². The molecule has 5 rings (SSSR count). The van der Waals surface area contributed by atoms with Gasteiger partial charge in [0.05, 0.1) is 50.6 Å². The number of nitrogens with one attached hydrogen (secondary N) is 3. The lowest BCUT2D eigenvalue weighted by Gasteiger charge is -2.16. The Bertz CT molecular complexity index is 2830. The number of anilines is 5. The molecule has 27 heteroatoms. The van der Waals surface area contributed by atoms with Crippen molar-refractivity contribution in [1.29, 1.82) is 0 Å². The van der Waals surface area contributed by atoms with Crippen LogP contribution in [0.2, 0.25) is 0 Å². The van der Waals surface area contributed by atoms with E-state index in [2.05, 4.69) is 51.4 Å². The second-order valence-corrected chi connectivity index (χ2v) is 18.1. The zero-order valence-corrected chi connectivity index (χ0v) is 33.4. The van der Waals surface area contributed by atoms with Crippen LogP contribution in [0.4, 0.5) is 52.0 Å². The summed E-state index contributed by atoms with van der Waals surface area (Å²) in [6, 6.07) is 20.6. The van der Waals surface area contributed by atoms with Crippen molar-refractivity contribution < 1.29 is 56.6 Å². The Balaban J connectivity index is 1.42. The lowest BCUT2D eigenvalue weighted by atomic mass is 10.2. The summed E-state index contributed by atoms with van der Waals surface area (Å²) in [6.07, 6.45) is -0.127. The van der Waals surface area contributed by atoms with Gasteiger partial charge in [-0.2, -0.15) is 69.1 Å². The van der Waals surface area contributed by atoms with E-state index in [0.717, 1.165) is 31.2 Å². The molecule has 4 aromatic carbocycles. The van der Waals surface area contributed by atoms with Crippen LogP contribution in [0.15, 0.2) is 121 Å². The molecular weight excluding hydrogens is 861 g/mol. The maximum atomic E-state index is 11.8. The topological polar surface area (TPSA) is 351 Å². The fourth-order valence-corrected chi connectivity index (χ4v) is 6.25. The van der Waals surface area contributed by atoms with E-state index in [-0.39, 0.29) is 58.6 Å². The van der Waals surface area contributed by atoms with Gasteiger partial charge in [-0.1, -0.05) is 6.07 Å². The Morgan fingerprint density at radius 2 is 1.14 bits per heavy atom. The van der Waals surface area contributed by atoms with Crippen LogP contribution < -0.4 is 20.7 Å². The SMILES string of the molecule is CC(Nc1nc(Nc2ccc(N=Nc3ccc(S(=O)(=O)O)cc3)cc2)nc(Nc2ccc(N=Nc3cccc(S(=O)(=O)O)c3)cc2OCCCS(=O)(=O)O)n1)S(=O)(=O)O. The second kappa shape index (κ2) is 18.2. The highest BCUT2D eigenvalue weighted by atomic mass is 32.2. The van der Waals surface area contributed by atoms with Crippen LogP contribution in [0.1, 0.15) is 13.3 Å².